The fraction of sp³-hybridized carbons (Fsp3) is 0.188. The van der Waals surface area contributed by atoms with Crippen molar-refractivity contribution < 1.29 is 4.79 Å². The van der Waals surface area contributed by atoms with E-state index >= 15 is 0 Å². The summed E-state index contributed by atoms with van der Waals surface area (Å²) in [5.41, 5.74) is 1.84. The van der Waals surface area contributed by atoms with Gasteiger partial charge in [0.1, 0.15) is 11.7 Å². The fourth-order valence-electron chi connectivity index (χ4n) is 1.87. The summed E-state index contributed by atoms with van der Waals surface area (Å²) in [5.74, 6) is -0.539. The van der Waals surface area contributed by atoms with Crippen LogP contribution in [0.1, 0.15) is 11.1 Å². The molecule has 1 aromatic heterocycles. The Balaban J connectivity index is 2.07. The molecular weight excluding hydrogens is 250 g/mol. The number of aromatic nitrogens is 1. The number of nitrogens with zero attached hydrogens (tertiary/aromatic N) is 2. The first-order valence-electron chi connectivity index (χ1n) is 6.36. The van der Waals surface area contributed by atoms with E-state index in [2.05, 4.69) is 16.4 Å². The molecule has 0 saturated carbocycles. The summed E-state index contributed by atoms with van der Waals surface area (Å²) < 4.78 is 0. The number of hydrogen-bond donors (Lipinski definition) is 1. The summed E-state index contributed by atoms with van der Waals surface area (Å²) >= 11 is 0. The lowest BCUT2D eigenvalue weighted by molar-refractivity contribution is -0.118. The number of aryl methyl sites for hydroxylation is 1. The number of carbonyl (C=O) groups is 1. The average Bonchev–Trinajstić information content (AvgIpc) is 2.48. The topological polar surface area (TPSA) is 65.8 Å². The molecule has 0 aliphatic heterocycles. The van der Waals surface area contributed by atoms with Crippen LogP contribution in [0.5, 0.6) is 0 Å². The minimum atomic E-state index is -0.723. The predicted molar refractivity (Wildman–Crippen MR) is 76.9 cm³/mol. The average molecular weight is 265 g/mol. The molecule has 1 amide bonds. The number of amides is 1. The lowest BCUT2D eigenvalue weighted by Crippen LogP contribution is -2.24. The monoisotopic (exact) mass is 265 g/mol. The highest BCUT2D eigenvalue weighted by Crippen LogP contribution is 2.13. The lowest BCUT2D eigenvalue weighted by atomic mass is 10.00. The number of nitriles is 1. The molecule has 0 saturated heterocycles. The Hall–Kier alpha value is -2.67. The second-order valence-corrected chi connectivity index (χ2v) is 4.53. The summed E-state index contributed by atoms with van der Waals surface area (Å²) in [7, 11) is 0. The van der Waals surface area contributed by atoms with Crippen molar-refractivity contribution in [1.82, 2.24) is 4.98 Å². The molecule has 1 atom stereocenters. The molecule has 1 unspecified atom stereocenters. The SMILES string of the molecule is Cc1cccnc1NC(=O)C(C#N)Cc1ccccc1. The van der Waals surface area contributed by atoms with Crippen molar-refractivity contribution in [3.8, 4) is 6.07 Å². The normalized spacial score (nSPS) is 11.4. The molecule has 0 aliphatic carbocycles. The molecular formula is C16H15N3O. The van der Waals surface area contributed by atoms with Gasteiger partial charge in [-0.05, 0) is 30.5 Å². The summed E-state index contributed by atoms with van der Waals surface area (Å²) in [6.07, 6.45) is 2.01. The Morgan fingerprint density at radius 1 is 1.30 bits per heavy atom. The van der Waals surface area contributed by atoms with Crippen molar-refractivity contribution in [2.75, 3.05) is 5.32 Å². The Morgan fingerprint density at radius 2 is 2.05 bits per heavy atom. The van der Waals surface area contributed by atoms with Crippen molar-refractivity contribution in [3.63, 3.8) is 0 Å². The quantitative estimate of drug-likeness (QED) is 0.924. The second-order valence-electron chi connectivity index (χ2n) is 4.53. The van der Waals surface area contributed by atoms with E-state index in [1.165, 1.54) is 0 Å². The van der Waals surface area contributed by atoms with Crippen LogP contribution in [0.15, 0.2) is 48.7 Å². The van der Waals surface area contributed by atoms with Crippen LogP contribution in [0.25, 0.3) is 0 Å². The maximum atomic E-state index is 12.1. The zero-order valence-electron chi connectivity index (χ0n) is 11.2. The number of hydrogen-bond acceptors (Lipinski definition) is 3. The van der Waals surface area contributed by atoms with Gasteiger partial charge in [-0.1, -0.05) is 36.4 Å². The van der Waals surface area contributed by atoms with Gasteiger partial charge in [0.2, 0.25) is 5.91 Å². The minimum absolute atomic E-state index is 0.321. The van der Waals surface area contributed by atoms with Gasteiger partial charge in [0.05, 0.1) is 6.07 Å². The number of pyridine rings is 1. The van der Waals surface area contributed by atoms with Gasteiger partial charge in [-0.3, -0.25) is 4.79 Å². The molecule has 1 N–H and O–H groups in total. The lowest BCUT2D eigenvalue weighted by Gasteiger charge is -2.11. The molecule has 0 spiro atoms. The molecule has 1 heterocycles. The van der Waals surface area contributed by atoms with E-state index in [-0.39, 0.29) is 5.91 Å². The Labute approximate surface area is 118 Å². The smallest absolute Gasteiger partial charge is 0.243 e. The predicted octanol–water partition coefficient (Wildman–Crippen LogP) is 2.71. The van der Waals surface area contributed by atoms with Gasteiger partial charge in [-0.15, -0.1) is 0 Å². The zero-order chi connectivity index (χ0) is 14.4. The van der Waals surface area contributed by atoms with E-state index in [0.29, 0.717) is 12.2 Å². The van der Waals surface area contributed by atoms with Crippen LogP contribution >= 0.6 is 0 Å². The number of rotatable bonds is 4. The first-order valence-corrected chi connectivity index (χ1v) is 6.36. The third-order valence-electron chi connectivity index (χ3n) is 3.01. The Kier molecular flexibility index (Phi) is 4.46. The summed E-state index contributed by atoms with van der Waals surface area (Å²) in [4.78, 5) is 16.2. The number of anilines is 1. The van der Waals surface area contributed by atoms with Crippen molar-refractivity contribution in [3.05, 3.63) is 59.8 Å². The van der Waals surface area contributed by atoms with Crippen LogP contribution in [0, 0.1) is 24.2 Å². The first kappa shape index (κ1) is 13.8. The van der Waals surface area contributed by atoms with Crippen molar-refractivity contribution in [2.45, 2.75) is 13.3 Å². The van der Waals surface area contributed by atoms with Crippen molar-refractivity contribution in [1.29, 1.82) is 5.26 Å². The third-order valence-corrected chi connectivity index (χ3v) is 3.01. The highest BCUT2D eigenvalue weighted by molar-refractivity contribution is 5.94. The van der Waals surface area contributed by atoms with Gasteiger partial charge in [0.25, 0.3) is 0 Å². The van der Waals surface area contributed by atoms with Gasteiger partial charge in [0, 0.05) is 6.20 Å². The van der Waals surface area contributed by atoms with E-state index in [9.17, 15) is 10.1 Å². The van der Waals surface area contributed by atoms with Gasteiger partial charge in [-0.25, -0.2) is 4.98 Å². The highest BCUT2D eigenvalue weighted by Gasteiger charge is 2.19. The summed E-state index contributed by atoms with van der Waals surface area (Å²) in [6.45, 7) is 1.86. The first-order chi connectivity index (χ1) is 9.70. The van der Waals surface area contributed by atoms with Crippen LogP contribution in [-0.4, -0.2) is 10.9 Å². The zero-order valence-corrected chi connectivity index (χ0v) is 11.2. The molecule has 2 rings (SSSR count). The molecule has 0 aliphatic rings. The van der Waals surface area contributed by atoms with E-state index in [1.54, 1.807) is 12.3 Å². The van der Waals surface area contributed by atoms with Gasteiger partial charge < -0.3 is 5.32 Å². The fourth-order valence-corrected chi connectivity index (χ4v) is 1.87. The standard InChI is InChI=1S/C16H15N3O/c1-12-6-5-9-18-15(12)19-16(20)14(11-17)10-13-7-3-2-4-8-13/h2-9,14H,10H2,1H3,(H,18,19,20). The van der Waals surface area contributed by atoms with Crippen LogP contribution in [-0.2, 0) is 11.2 Å². The van der Waals surface area contributed by atoms with E-state index in [0.717, 1.165) is 11.1 Å². The van der Waals surface area contributed by atoms with Crippen LogP contribution < -0.4 is 5.32 Å². The second kappa shape index (κ2) is 6.48. The molecule has 100 valence electrons. The van der Waals surface area contributed by atoms with E-state index < -0.39 is 5.92 Å². The molecule has 0 fully saturated rings. The summed E-state index contributed by atoms with van der Waals surface area (Å²) in [5, 5.41) is 11.9. The molecule has 1 aromatic carbocycles. The molecule has 20 heavy (non-hydrogen) atoms. The molecule has 0 radical (unpaired) electrons. The highest BCUT2D eigenvalue weighted by atomic mass is 16.1. The molecule has 4 nitrogen and oxygen atoms in total. The van der Waals surface area contributed by atoms with Gasteiger partial charge >= 0.3 is 0 Å². The Bertz CT molecular complexity index is 632. The van der Waals surface area contributed by atoms with Crippen LogP contribution in [0.2, 0.25) is 0 Å². The molecule has 2 aromatic rings. The van der Waals surface area contributed by atoms with Gasteiger partial charge in [0.15, 0.2) is 0 Å². The molecule has 0 bridgehead atoms. The number of benzene rings is 1. The molecule has 4 heteroatoms. The van der Waals surface area contributed by atoms with Crippen molar-refractivity contribution in [2.24, 2.45) is 5.92 Å². The maximum Gasteiger partial charge on any atom is 0.243 e. The summed E-state index contributed by atoms with van der Waals surface area (Å²) in [6, 6.07) is 15.2. The van der Waals surface area contributed by atoms with E-state index in [4.69, 9.17) is 0 Å². The van der Waals surface area contributed by atoms with Crippen LogP contribution in [0.4, 0.5) is 5.82 Å². The maximum absolute atomic E-state index is 12.1. The minimum Gasteiger partial charge on any atom is -0.309 e. The van der Waals surface area contributed by atoms with Crippen molar-refractivity contribution >= 4 is 11.7 Å². The third kappa shape index (κ3) is 3.42. The number of carbonyl (C=O) groups excluding carboxylic acids is 1. The Morgan fingerprint density at radius 3 is 2.70 bits per heavy atom. The van der Waals surface area contributed by atoms with E-state index in [1.807, 2.05) is 43.3 Å². The van der Waals surface area contributed by atoms with Gasteiger partial charge in [-0.2, -0.15) is 5.26 Å². The number of nitrogens with one attached hydrogen (secondary N) is 1. The largest absolute Gasteiger partial charge is 0.309 e. The van der Waals surface area contributed by atoms with Crippen LogP contribution in [0.3, 0.4) is 0 Å².